The van der Waals surface area contributed by atoms with Crippen molar-refractivity contribution in [2.24, 2.45) is 5.73 Å². The zero-order valence-corrected chi connectivity index (χ0v) is 9.12. The van der Waals surface area contributed by atoms with Gasteiger partial charge in [-0.05, 0) is 31.2 Å². The number of anilines is 2. The number of rotatable bonds is 4. The van der Waals surface area contributed by atoms with Gasteiger partial charge in [0.1, 0.15) is 0 Å². The molecule has 1 unspecified atom stereocenters. The molecule has 0 saturated heterocycles. The van der Waals surface area contributed by atoms with Crippen LogP contribution in [0.25, 0.3) is 0 Å². The lowest BCUT2D eigenvalue weighted by molar-refractivity contribution is 0.780. The topological polar surface area (TPSA) is 41.3 Å². The van der Waals surface area contributed by atoms with Crippen molar-refractivity contribution in [3.05, 3.63) is 24.3 Å². The second-order valence-corrected chi connectivity index (χ2v) is 3.80. The summed E-state index contributed by atoms with van der Waals surface area (Å²) in [6.07, 6.45) is 0. The van der Waals surface area contributed by atoms with Gasteiger partial charge in [0, 0.05) is 38.1 Å². The molecule has 0 aliphatic rings. The Hall–Kier alpha value is -1.22. The van der Waals surface area contributed by atoms with E-state index in [4.69, 9.17) is 5.73 Å². The number of hydrogen-bond donors (Lipinski definition) is 2. The van der Waals surface area contributed by atoms with Crippen molar-refractivity contribution in [3.63, 3.8) is 0 Å². The average molecular weight is 193 g/mol. The summed E-state index contributed by atoms with van der Waals surface area (Å²) in [5.41, 5.74) is 7.97. The third kappa shape index (κ3) is 3.26. The van der Waals surface area contributed by atoms with Crippen molar-refractivity contribution in [3.8, 4) is 0 Å². The molecule has 0 fully saturated rings. The molecular weight excluding hydrogens is 174 g/mol. The molecule has 1 atom stereocenters. The fourth-order valence-corrected chi connectivity index (χ4v) is 1.16. The first-order valence-electron chi connectivity index (χ1n) is 4.86. The van der Waals surface area contributed by atoms with Crippen molar-refractivity contribution in [2.75, 3.05) is 30.9 Å². The van der Waals surface area contributed by atoms with Crippen molar-refractivity contribution >= 4 is 11.4 Å². The highest BCUT2D eigenvalue weighted by atomic mass is 15.1. The van der Waals surface area contributed by atoms with Crippen LogP contribution in [0.3, 0.4) is 0 Å². The minimum absolute atomic E-state index is 0.184. The Morgan fingerprint density at radius 2 is 1.86 bits per heavy atom. The minimum Gasteiger partial charge on any atom is -0.383 e. The molecule has 1 aromatic carbocycles. The summed E-state index contributed by atoms with van der Waals surface area (Å²) in [6, 6.07) is 8.49. The van der Waals surface area contributed by atoms with Crippen LogP contribution in [0.4, 0.5) is 11.4 Å². The molecule has 0 heterocycles. The van der Waals surface area contributed by atoms with Gasteiger partial charge < -0.3 is 16.0 Å². The van der Waals surface area contributed by atoms with Crippen LogP contribution in [0.2, 0.25) is 0 Å². The molecule has 1 aromatic rings. The molecule has 0 aromatic heterocycles. The number of nitrogens with two attached hydrogens (primary N) is 1. The van der Waals surface area contributed by atoms with Crippen LogP contribution in [0.5, 0.6) is 0 Å². The molecule has 3 nitrogen and oxygen atoms in total. The van der Waals surface area contributed by atoms with Gasteiger partial charge in [0.2, 0.25) is 0 Å². The lowest BCUT2D eigenvalue weighted by Crippen LogP contribution is -2.25. The van der Waals surface area contributed by atoms with E-state index >= 15 is 0 Å². The Labute approximate surface area is 85.9 Å². The van der Waals surface area contributed by atoms with E-state index in [1.807, 2.05) is 21.0 Å². The van der Waals surface area contributed by atoms with Gasteiger partial charge in [0.05, 0.1) is 0 Å². The quantitative estimate of drug-likeness (QED) is 0.761. The van der Waals surface area contributed by atoms with E-state index in [0.29, 0.717) is 0 Å². The van der Waals surface area contributed by atoms with E-state index in [1.54, 1.807) is 0 Å². The molecule has 0 saturated carbocycles. The molecule has 0 bridgehead atoms. The first kappa shape index (κ1) is 10.9. The Bertz CT molecular complexity index is 264. The standard InChI is InChI=1S/C11H19N3/c1-9(12)8-13-10-4-6-11(7-5-10)14(2)3/h4-7,9,13H,8,12H2,1-3H3. The van der Waals surface area contributed by atoms with Gasteiger partial charge in [-0.25, -0.2) is 0 Å². The fourth-order valence-electron chi connectivity index (χ4n) is 1.16. The van der Waals surface area contributed by atoms with Gasteiger partial charge in [-0.2, -0.15) is 0 Å². The second-order valence-electron chi connectivity index (χ2n) is 3.80. The third-order valence-electron chi connectivity index (χ3n) is 2.01. The normalized spacial score (nSPS) is 12.3. The van der Waals surface area contributed by atoms with E-state index in [-0.39, 0.29) is 6.04 Å². The van der Waals surface area contributed by atoms with Crippen LogP contribution < -0.4 is 16.0 Å². The van der Waals surface area contributed by atoms with Gasteiger partial charge in [0.25, 0.3) is 0 Å². The maximum Gasteiger partial charge on any atom is 0.0362 e. The first-order chi connectivity index (χ1) is 6.59. The summed E-state index contributed by atoms with van der Waals surface area (Å²) >= 11 is 0. The first-order valence-corrected chi connectivity index (χ1v) is 4.86. The molecule has 3 heteroatoms. The fraction of sp³-hybridized carbons (Fsp3) is 0.455. The van der Waals surface area contributed by atoms with Crippen LogP contribution >= 0.6 is 0 Å². The van der Waals surface area contributed by atoms with E-state index in [1.165, 1.54) is 5.69 Å². The minimum atomic E-state index is 0.184. The maximum atomic E-state index is 5.65. The van der Waals surface area contributed by atoms with Crippen LogP contribution in [0, 0.1) is 0 Å². The van der Waals surface area contributed by atoms with Crippen LogP contribution in [0.15, 0.2) is 24.3 Å². The van der Waals surface area contributed by atoms with Crippen LogP contribution in [0.1, 0.15) is 6.92 Å². The summed E-state index contributed by atoms with van der Waals surface area (Å²) in [7, 11) is 4.06. The zero-order valence-electron chi connectivity index (χ0n) is 9.12. The van der Waals surface area contributed by atoms with Crippen LogP contribution in [-0.2, 0) is 0 Å². The predicted molar refractivity (Wildman–Crippen MR) is 62.9 cm³/mol. The molecule has 14 heavy (non-hydrogen) atoms. The molecular formula is C11H19N3. The summed E-state index contributed by atoms with van der Waals surface area (Å²) < 4.78 is 0. The number of hydrogen-bond acceptors (Lipinski definition) is 3. The van der Waals surface area contributed by atoms with Crippen molar-refractivity contribution in [1.29, 1.82) is 0 Å². The summed E-state index contributed by atoms with van der Waals surface area (Å²) in [6.45, 7) is 2.79. The molecule has 0 spiro atoms. The summed E-state index contributed by atoms with van der Waals surface area (Å²) in [5, 5.41) is 3.27. The van der Waals surface area contributed by atoms with Gasteiger partial charge in [-0.15, -0.1) is 0 Å². The highest BCUT2D eigenvalue weighted by Gasteiger charge is 1.96. The Kier molecular flexibility index (Phi) is 3.77. The zero-order chi connectivity index (χ0) is 10.6. The molecule has 78 valence electrons. The Morgan fingerprint density at radius 1 is 1.29 bits per heavy atom. The molecule has 0 radical (unpaired) electrons. The average Bonchev–Trinajstić information content (AvgIpc) is 2.15. The lowest BCUT2D eigenvalue weighted by atomic mass is 10.2. The van der Waals surface area contributed by atoms with Gasteiger partial charge >= 0.3 is 0 Å². The van der Waals surface area contributed by atoms with Gasteiger partial charge in [0.15, 0.2) is 0 Å². The summed E-state index contributed by atoms with van der Waals surface area (Å²) in [4.78, 5) is 2.08. The highest BCUT2D eigenvalue weighted by Crippen LogP contribution is 2.15. The van der Waals surface area contributed by atoms with Crippen molar-refractivity contribution in [2.45, 2.75) is 13.0 Å². The SMILES string of the molecule is CC(N)CNc1ccc(N(C)C)cc1. The Morgan fingerprint density at radius 3 is 2.29 bits per heavy atom. The third-order valence-corrected chi connectivity index (χ3v) is 2.01. The molecule has 1 rings (SSSR count). The Balaban J connectivity index is 2.55. The van der Waals surface area contributed by atoms with Crippen molar-refractivity contribution < 1.29 is 0 Å². The van der Waals surface area contributed by atoms with E-state index in [9.17, 15) is 0 Å². The number of nitrogens with zero attached hydrogens (tertiary/aromatic N) is 1. The molecule has 0 aliphatic heterocycles. The number of benzene rings is 1. The smallest absolute Gasteiger partial charge is 0.0362 e. The summed E-state index contributed by atoms with van der Waals surface area (Å²) in [5.74, 6) is 0. The van der Waals surface area contributed by atoms with Gasteiger partial charge in [-0.1, -0.05) is 0 Å². The van der Waals surface area contributed by atoms with E-state index in [0.717, 1.165) is 12.2 Å². The largest absolute Gasteiger partial charge is 0.383 e. The molecule has 3 N–H and O–H groups in total. The molecule has 0 aliphatic carbocycles. The lowest BCUT2D eigenvalue weighted by Gasteiger charge is -2.14. The molecule has 0 amide bonds. The van der Waals surface area contributed by atoms with E-state index < -0.39 is 0 Å². The van der Waals surface area contributed by atoms with E-state index in [2.05, 4.69) is 34.5 Å². The predicted octanol–water partition coefficient (Wildman–Crippen LogP) is 1.51. The van der Waals surface area contributed by atoms with Crippen LogP contribution in [-0.4, -0.2) is 26.7 Å². The maximum absolute atomic E-state index is 5.65. The monoisotopic (exact) mass is 193 g/mol. The van der Waals surface area contributed by atoms with Gasteiger partial charge in [-0.3, -0.25) is 0 Å². The second kappa shape index (κ2) is 4.86. The number of nitrogens with one attached hydrogen (secondary N) is 1. The van der Waals surface area contributed by atoms with Crippen molar-refractivity contribution in [1.82, 2.24) is 0 Å². The highest BCUT2D eigenvalue weighted by molar-refractivity contribution is 5.54.